The van der Waals surface area contributed by atoms with E-state index in [-0.39, 0.29) is 12.5 Å². The summed E-state index contributed by atoms with van der Waals surface area (Å²) in [6.45, 7) is 0.0840. The van der Waals surface area contributed by atoms with Crippen molar-refractivity contribution in [2.75, 3.05) is 0 Å². The van der Waals surface area contributed by atoms with Gasteiger partial charge >= 0.3 is 0 Å². The zero-order valence-corrected chi connectivity index (χ0v) is 12.1. The average molecular weight is 329 g/mol. The van der Waals surface area contributed by atoms with Crippen LogP contribution >= 0.6 is 15.9 Å². The van der Waals surface area contributed by atoms with E-state index in [1.165, 1.54) is 4.68 Å². The van der Waals surface area contributed by atoms with E-state index in [0.29, 0.717) is 12.8 Å². The molecular formula is C12H17BrN4O2. The van der Waals surface area contributed by atoms with Gasteiger partial charge in [0.05, 0.1) is 10.7 Å². The molecule has 104 valence electrons. The van der Waals surface area contributed by atoms with Gasteiger partial charge in [-0.1, -0.05) is 19.3 Å². The van der Waals surface area contributed by atoms with Gasteiger partial charge in [0.15, 0.2) is 0 Å². The molecule has 0 spiro atoms. The summed E-state index contributed by atoms with van der Waals surface area (Å²) in [4.78, 5) is 23.7. The van der Waals surface area contributed by atoms with Crippen LogP contribution in [0.3, 0.4) is 0 Å². The summed E-state index contributed by atoms with van der Waals surface area (Å²) in [5, 5.41) is 6.81. The summed E-state index contributed by atoms with van der Waals surface area (Å²) < 4.78 is 2.32. The molecule has 1 heterocycles. The predicted octanol–water partition coefficient (Wildman–Crippen LogP) is 0.950. The van der Waals surface area contributed by atoms with E-state index in [4.69, 9.17) is 5.73 Å². The van der Waals surface area contributed by atoms with Crippen molar-refractivity contribution in [3.8, 4) is 0 Å². The van der Waals surface area contributed by atoms with Crippen molar-refractivity contribution in [1.29, 1.82) is 0 Å². The number of carbonyl (C=O) groups is 2. The van der Waals surface area contributed by atoms with Gasteiger partial charge < -0.3 is 11.1 Å². The van der Waals surface area contributed by atoms with Gasteiger partial charge in [-0.25, -0.2) is 0 Å². The van der Waals surface area contributed by atoms with Crippen LogP contribution in [0, 0.1) is 0 Å². The minimum absolute atomic E-state index is 0.0840. The van der Waals surface area contributed by atoms with Crippen molar-refractivity contribution >= 4 is 27.7 Å². The zero-order chi connectivity index (χ0) is 13.9. The molecular weight excluding hydrogens is 312 g/mol. The number of hydrogen-bond donors (Lipinski definition) is 2. The Labute approximate surface area is 119 Å². The normalized spacial score (nSPS) is 17.9. The molecule has 1 aliphatic rings. The molecule has 7 heteroatoms. The third kappa shape index (κ3) is 3.34. The molecule has 1 aliphatic carbocycles. The maximum atomic E-state index is 12.0. The van der Waals surface area contributed by atoms with E-state index < -0.39 is 11.4 Å². The maximum absolute atomic E-state index is 12.0. The van der Waals surface area contributed by atoms with Gasteiger partial charge in [-0.2, -0.15) is 5.10 Å². The van der Waals surface area contributed by atoms with Gasteiger partial charge in [-0.3, -0.25) is 14.3 Å². The van der Waals surface area contributed by atoms with E-state index in [2.05, 4.69) is 26.3 Å². The Morgan fingerprint density at radius 3 is 2.63 bits per heavy atom. The number of primary amides is 1. The topological polar surface area (TPSA) is 90.0 Å². The smallest absolute Gasteiger partial charge is 0.243 e. The third-order valence-corrected chi connectivity index (χ3v) is 3.87. The van der Waals surface area contributed by atoms with Crippen molar-refractivity contribution < 1.29 is 9.59 Å². The summed E-state index contributed by atoms with van der Waals surface area (Å²) in [6, 6.07) is 0. The molecule has 0 aromatic carbocycles. The van der Waals surface area contributed by atoms with Crippen molar-refractivity contribution in [2.45, 2.75) is 44.2 Å². The molecule has 1 saturated carbocycles. The Morgan fingerprint density at radius 2 is 2.11 bits per heavy atom. The zero-order valence-electron chi connectivity index (χ0n) is 10.6. The number of hydrogen-bond acceptors (Lipinski definition) is 3. The van der Waals surface area contributed by atoms with Gasteiger partial charge in [-0.15, -0.1) is 0 Å². The fourth-order valence-electron chi connectivity index (χ4n) is 2.47. The third-order valence-electron chi connectivity index (χ3n) is 3.46. The highest BCUT2D eigenvalue weighted by Gasteiger charge is 2.39. The Balaban J connectivity index is 2.01. The molecule has 1 aromatic heterocycles. The quantitative estimate of drug-likeness (QED) is 0.862. The Bertz CT molecular complexity index is 480. The summed E-state index contributed by atoms with van der Waals surface area (Å²) in [5.41, 5.74) is 4.59. The number of nitrogens with zero attached hydrogens (tertiary/aromatic N) is 2. The van der Waals surface area contributed by atoms with Crippen molar-refractivity contribution in [3.05, 3.63) is 16.9 Å². The average Bonchev–Trinajstić information content (AvgIpc) is 2.75. The van der Waals surface area contributed by atoms with Crippen LogP contribution in [0.15, 0.2) is 16.9 Å². The lowest BCUT2D eigenvalue weighted by atomic mass is 9.81. The van der Waals surface area contributed by atoms with Crippen LogP contribution in [0.25, 0.3) is 0 Å². The van der Waals surface area contributed by atoms with Gasteiger partial charge in [0.2, 0.25) is 11.8 Å². The highest BCUT2D eigenvalue weighted by Crippen LogP contribution is 2.27. The minimum atomic E-state index is -0.875. The largest absolute Gasteiger partial charge is 0.368 e. The summed E-state index contributed by atoms with van der Waals surface area (Å²) in [7, 11) is 0. The molecule has 2 rings (SSSR count). The molecule has 0 saturated heterocycles. The van der Waals surface area contributed by atoms with Crippen LogP contribution in [0.4, 0.5) is 0 Å². The number of nitrogens with two attached hydrogens (primary N) is 1. The Morgan fingerprint density at radius 1 is 1.42 bits per heavy atom. The first kappa shape index (κ1) is 14.0. The van der Waals surface area contributed by atoms with E-state index in [1.54, 1.807) is 12.4 Å². The molecule has 0 atom stereocenters. The Kier molecular flexibility index (Phi) is 4.24. The number of halogens is 1. The van der Waals surface area contributed by atoms with E-state index >= 15 is 0 Å². The second-order valence-corrected chi connectivity index (χ2v) is 5.83. The number of amides is 2. The number of rotatable bonds is 4. The second kappa shape index (κ2) is 5.73. The van der Waals surface area contributed by atoms with Crippen LogP contribution in [-0.2, 0) is 16.1 Å². The van der Waals surface area contributed by atoms with E-state index in [0.717, 1.165) is 23.7 Å². The molecule has 3 N–H and O–H groups in total. The minimum Gasteiger partial charge on any atom is -0.368 e. The number of carbonyl (C=O) groups excluding carboxylic acids is 2. The van der Waals surface area contributed by atoms with E-state index in [1.807, 2.05) is 0 Å². The SMILES string of the molecule is NC(=O)C1(NC(=O)Cn2cc(Br)cn2)CCCCC1. The van der Waals surface area contributed by atoms with Crippen LogP contribution in [0.2, 0.25) is 0 Å². The fourth-order valence-corrected chi connectivity index (χ4v) is 2.79. The number of aromatic nitrogens is 2. The summed E-state index contributed by atoms with van der Waals surface area (Å²) in [5.74, 6) is -0.682. The van der Waals surface area contributed by atoms with Crippen LogP contribution in [-0.4, -0.2) is 27.1 Å². The lowest BCUT2D eigenvalue weighted by Crippen LogP contribution is -2.59. The van der Waals surface area contributed by atoms with Crippen LogP contribution in [0.5, 0.6) is 0 Å². The highest BCUT2D eigenvalue weighted by molar-refractivity contribution is 9.10. The molecule has 0 unspecified atom stereocenters. The lowest BCUT2D eigenvalue weighted by Gasteiger charge is -2.35. The fraction of sp³-hybridized carbons (Fsp3) is 0.583. The van der Waals surface area contributed by atoms with Crippen molar-refractivity contribution in [1.82, 2.24) is 15.1 Å². The lowest BCUT2D eigenvalue weighted by molar-refractivity contribution is -0.133. The predicted molar refractivity (Wildman–Crippen MR) is 73.1 cm³/mol. The molecule has 1 aromatic rings. The molecule has 0 radical (unpaired) electrons. The standard InChI is InChI=1S/C12H17BrN4O2/c13-9-6-15-17(7-9)8-10(18)16-12(11(14)19)4-2-1-3-5-12/h6-7H,1-5,8H2,(H2,14,19)(H,16,18). The number of nitrogens with one attached hydrogen (secondary N) is 1. The maximum Gasteiger partial charge on any atom is 0.243 e. The molecule has 1 fully saturated rings. The highest BCUT2D eigenvalue weighted by atomic mass is 79.9. The first-order chi connectivity index (χ1) is 9.02. The van der Waals surface area contributed by atoms with Crippen LogP contribution in [0.1, 0.15) is 32.1 Å². The van der Waals surface area contributed by atoms with E-state index in [9.17, 15) is 9.59 Å². The monoisotopic (exact) mass is 328 g/mol. The van der Waals surface area contributed by atoms with Gasteiger partial charge in [-0.05, 0) is 28.8 Å². The molecule has 0 aliphatic heterocycles. The van der Waals surface area contributed by atoms with Crippen LogP contribution < -0.4 is 11.1 Å². The summed E-state index contributed by atoms with van der Waals surface area (Å²) in [6.07, 6.45) is 7.47. The summed E-state index contributed by atoms with van der Waals surface area (Å²) >= 11 is 3.27. The van der Waals surface area contributed by atoms with Crippen molar-refractivity contribution in [3.63, 3.8) is 0 Å². The van der Waals surface area contributed by atoms with Gasteiger partial charge in [0.25, 0.3) is 0 Å². The van der Waals surface area contributed by atoms with Crippen molar-refractivity contribution in [2.24, 2.45) is 5.73 Å². The second-order valence-electron chi connectivity index (χ2n) is 4.91. The first-order valence-corrected chi connectivity index (χ1v) is 7.10. The molecule has 6 nitrogen and oxygen atoms in total. The Hall–Kier alpha value is -1.37. The molecule has 0 bridgehead atoms. The molecule has 2 amide bonds. The van der Waals surface area contributed by atoms with Gasteiger partial charge in [0, 0.05) is 6.20 Å². The van der Waals surface area contributed by atoms with Gasteiger partial charge in [0.1, 0.15) is 12.1 Å². The first-order valence-electron chi connectivity index (χ1n) is 6.31. The molecule has 19 heavy (non-hydrogen) atoms.